The van der Waals surface area contributed by atoms with Crippen LogP contribution >= 0.6 is 0 Å². The molecule has 1 aromatic carbocycles. The van der Waals surface area contributed by atoms with E-state index in [9.17, 15) is 8.78 Å². The summed E-state index contributed by atoms with van der Waals surface area (Å²) in [5, 5.41) is 4.63. The van der Waals surface area contributed by atoms with Gasteiger partial charge in [-0.15, -0.1) is 0 Å². The van der Waals surface area contributed by atoms with Crippen LogP contribution in [0.5, 0.6) is 0 Å². The van der Waals surface area contributed by atoms with Crippen LogP contribution in [-0.4, -0.2) is 33.3 Å². The lowest BCUT2D eigenvalue weighted by Gasteiger charge is -2.15. The van der Waals surface area contributed by atoms with Crippen LogP contribution in [0.3, 0.4) is 0 Å². The Morgan fingerprint density at radius 3 is 2.70 bits per heavy atom. The Hall–Kier alpha value is -2.77. The number of aromatic nitrogens is 4. The Bertz CT molecular complexity index is 889. The predicted octanol–water partition coefficient (Wildman–Crippen LogP) is 2.35. The van der Waals surface area contributed by atoms with Crippen LogP contribution in [0.4, 0.5) is 20.5 Å². The van der Waals surface area contributed by atoms with Gasteiger partial charge >= 0.3 is 0 Å². The molecule has 0 fully saturated rings. The summed E-state index contributed by atoms with van der Waals surface area (Å²) in [7, 11) is 3.46. The van der Waals surface area contributed by atoms with Crippen molar-refractivity contribution in [2.75, 3.05) is 24.2 Å². The first-order valence-corrected chi connectivity index (χ1v) is 7.09. The van der Waals surface area contributed by atoms with E-state index in [4.69, 9.17) is 5.73 Å². The van der Waals surface area contributed by atoms with E-state index in [2.05, 4.69) is 15.1 Å². The summed E-state index contributed by atoms with van der Waals surface area (Å²) < 4.78 is 29.3. The van der Waals surface area contributed by atoms with Crippen molar-refractivity contribution in [1.82, 2.24) is 19.7 Å². The summed E-state index contributed by atoms with van der Waals surface area (Å²) in [4.78, 5) is 10.5. The molecule has 120 valence electrons. The standard InChI is InChI=1S/C15H16F2N6/c1-4-22(2)15-19-12(8-6-5-7-9(16)11(8)17)10-13(18)23(3)21-14(10)20-15/h5-7H,4,18H2,1-3H3. The molecule has 0 radical (unpaired) electrons. The van der Waals surface area contributed by atoms with Crippen molar-refractivity contribution < 1.29 is 8.78 Å². The minimum Gasteiger partial charge on any atom is -0.383 e. The van der Waals surface area contributed by atoms with Gasteiger partial charge in [0.2, 0.25) is 5.95 Å². The van der Waals surface area contributed by atoms with Gasteiger partial charge in [-0.1, -0.05) is 6.07 Å². The highest BCUT2D eigenvalue weighted by Gasteiger charge is 2.21. The van der Waals surface area contributed by atoms with Crippen LogP contribution in [0.15, 0.2) is 18.2 Å². The Morgan fingerprint density at radius 2 is 2.00 bits per heavy atom. The number of rotatable bonds is 3. The molecule has 3 rings (SSSR count). The van der Waals surface area contributed by atoms with Gasteiger partial charge in [0.1, 0.15) is 5.82 Å². The molecule has 2 aromatic heterocycles. The van der Waals surface area contributed by atoms with Gasteiger partial charge in [0, 0.05) is 26.2 Å². The Labute approximate surface area is 131 Å². The van der Waals surface area contributed by atoms with Crippen LogP contribution < -0.4 is 10.6 Å². The van der Waals surface area contributed by atoms with Crippen LogP contribution in [-0.2, 0) is 7.05 Å². The van der Waals surface area contributed by atoms with Gasteiger partial charge in [-0.2, -0.15) is 10.1 Å². The number of hydrogen-bond acceptors (Lipinski definition) is 5. The lowest BCUT2D eigenvalue weighted by molar-refractivity contribution is 0.511. The largest absolute Gasteiger partial charge is 0.383 e. The molecule has 0 saturated carbocycles. The van der Waals surface area contributed by atoms with E-state index in [0.717, 1.165) is 6.07 Å². The molecule has 23 heavy (non-hydrogen) atoms. The molecule has 2 heterocycles. The summed E-state index contributed by atoms with van der Waals surface area (Å²) in [6.07, 6.45) is 0. The normalized spacial score (nSPS) is 11.2. The molecule has 6 nitrogen and oxygen atoms in total. The predicted molar refractivity (Wildman–Crippen MR) is 85.0 cm³/mol. The van der Waals surface area contributed by atoms with Crippen molar-refractivity contribution >= 4 is 22.8 Å². The quantitative estimate of drug-likeness (QED) is 0.802. The summed E-state index contributed by atoms with van der Waals surface area (Å²) in [6.45, 7) is 2.58. The van der Waals surface area contributed by atoms with E-state index >= 15 is 0 Å². The van der Waals surface area contributed by atoms with E-state index in [0.29, 0.717) is 29.3 Å². The number of hydrogen-bond donors (Lipinski definition) is 1. The number of nitrogen functional groups attached to an aromatic ring is 1. The van der Waals surface area contributed by atoms with E-state index < -0.39 is 11.6 Å². The van der Waals surface area contributed by atoms with E-state index in [1.807, 2.05) is 6.92 Å². The minimum absolute atomic E-state index is 0.0304. The first-order valence-electron chi connectivity index (χ1n) is 7.09. The first-order chi connectivity index (χ1) is 10.9. The fraction of sp³-hybridized carbons (Fsp3) is 0.267. The van der Waals surface area contributed by atoms with Gasteiger partial charge < -0.3 is 10.6 Å². The van der Waals surface area contributed by atoms with Crippen LogP contribution in [0.25, 0.3) is 22.3 Å². The fourth-order valence-electron chi connectivity index (χ4n) is 2.30. The Balaban J connectivity index is 2.39. The van der Waals surface area contributed by atoms with Gasteiger partial charge in [-0.3, -0.25) is 4.68 Å². The minimum atomic E-state index is -0.971. The molecule has 2 N–H and O–H groups in total. The molecule has 0 spiro atoms. The second-order valence-electron chi connectivity index (χ2n) is 5.20. The number of benzene rings is 1. The zero-order chi connectivity index (χ0) is 16.7. The summed E-state index contributed by atoms with van der Waals surface area (Å²) in [5.41, 5.74) is 6.62. The van der Waals surface area contributed by atoms with Crippen molar-refractivity contribution in [3.63, 3.8) is 0 Å². The third-order valence-electron chi connectivity index (χ3n) is 3.75. The van der Waals surface area contributed by atoms with Crippen molar-refractivity contribution in [2.24, 2.45) is 7.05 Å². The highest BCUT2D eigenvalue weighted by molar-refractivity contribution is 5.99. The molecule has 0 atom stereocenters. The second-order valence-corrected chi connectivity index (χ2v) is 5.20. The van der Waals surface area contributed by atoms with Crippen molar-refractivity contribution in [3.05, 3.63) is 29.8 Å². The number of fused-ring (bicyclic) bond motifs is 1. The lowest BCUT2D eigenvalue weighted by Crippen LogP contribution is -2.19. The van der Waals surface area contributed by atoms with E-state index in [-0.39, 0.29) is 11.3 Å². The molecule has 8 heteroatoms. The number of anilines is 2. The Kier molecular flexibility index (Phi) is 3.59. The third kappa shape index (κ3) is 2.36. The number of halogens is 2. The van der Waals surface area contributed by atoms with Crippen molar-refractivity contribution in [2.45, 2.75) is 6.92 Å². The van der Waals surface area contributed by atoms with E-state index in [1.165, 1.54) is 16.8 Å². The molecule has 0 unspecified atom stereocenters. The van der Waals surface area contributed by atoms with Gasteiger partial charge in [0.25, 0.3) is 0 Å². The topological polar surface area (TPSA) is 72.9 Å². The van der Waals surface area contributed by atoms with Crippen LogP contribution in [0.2, 0.25) is 0 Å². The smallest absolute Gasteiger partial charge is 0.227 e. The molecule has 0 amide bonds. The Morgan fingerprint density at radius 1 is 1.26 bits per heavy atom. The van der Waals surface area contributed by atoms with Gasteiger partial charge in [0.15, 0.2) is 17.3 Å². The molecular weight excluding hydrogens is 302 g/mol. The first kappa shape index (κ1) is 15.1. The molecular formula is C15H16F2N6. The lowest BCUT2D eigenvalue weighted by atomic mass is 10.1. The highest BCUT2D eigenvalue weighted by Crippen LogP contribution is 2.33. The molecule has 0 aliphatic carbocycles. The number of aryl methyl sites for hydroxylation is 1. The summed E-state index contributed by atoms with van der Waals surface area (Å²) in [6, 6.07) is 3.95. The highest BCUT2D eigenvalue weighted by atomic mass is 19.2. The van der Waals surface area contributed by atoms with Crippen molar-refractivity contribution in [3.8, 4) is 11.3 Å². The zero-order valence-corrected chi connectivity index (χ0v) is 13.0. The molecule has 3 aromatic rings. The maximum absolute atomic E-state index is 14.3. The van der Waals surface area contributed by atoms with Crippen LogP contribution in [0, 0.1) is 11.6 Å². The molecule has 0 aliphatic heterocycles. The zero-order valence-electron chi connectivity index (χ0n) is 13.0. The average Bonchev–Trinajstić information content (AvgIpc) is 2.83. The van der Waals surface area contributed by atoms with E-state index in [1.54, 1.807) is 19.0 Å². The SMILES string of the molecule is CCN(C)c1nc(-c2cccc(F)c2F)c2c(N)n(C)nc2n1. The molecule has 0 bridgehead atoms. The number of nitrogens with zero attached hydrogens (tertiary/aromatic N) is 5. The average molecular weight is 318 g/mol. The third-order valence-corrected chi connectivity index (χ3v) is 3.75. The maximum Gasteiger partial charge on any atom is 0.227 e. The monoisotopic (exact) mass is 318 g/mol. The second kappa shape index (κ2) is 5.45. The fourth-order valence-corrected chi connectivity index (χ4v) is 2.30. The molecule has 0 saturated heterocycles. The molecule has 0 aliphatic rings. The summed E-state index contributed by atoms with van der Waals surface area (Å²) >= 11 is 0. The van der Waals surface area contributed by atoms with Gasteiger partial charge in [-0.25, -0.2) is 13.8 Å². The summed E-state index contributed by atoms with van der Waals surface area (Å²) in [5.74, 6) is -1.25. The maximum atomic E-state index is 14.3. The van der Waals surface area contributed by atoms with Gasteiger partial charge in [-0.05, 0) is 19.1 Å². The van der Waals surface area contributed by atoms with Crippen molar-refractivity contribution in [1.29, 1.82) is 0 Å². The van der Waals surface area contributed by atoms with Crippen LogP contribution in [0.1, 0.15) is 6.92 Å². The van der Waals surface area contributed by atoms with Gasteiger partial charge in [0.05, 0.1) is 11.1 Å². The number of nitrogens with two attached hydrogens (primary N) is 1.